The largest absolute Gasteiger partial charge is 0.480 e. The van der Waals surface area contributed by atoms with E-state index in [0.29, 0.717) is 0 Å². The van der Waals surface area contributed by atoms with Crippen LogP contribution in [0.4, 0.5) is 5.69 Å². The fraction of sp³-hybridized carbons (Fsp3) is 0.353. The molecule has 25 heavy (non-hydrogen) atoms. The second-order valence-corrected chi connectivity index (χ2v) is 5.05. The summed E-state index contributed by atoms with van der Waals surface area (Å²) in [5, 5.41) is 17.4. The SMILES string of the molecule is CCOC(=O)C(C(N)=N/N=C/c1ccc(N(C)C)cc1)=C(O)OCC. The fourth-order valence-corrected chi connectivity index (χ4v) is 1.78. The lowest BCUT2D eigenvalue weighted by Gasteiger charge is -2.11. The molecule has 0 bridgehead atoms. The summed E-state index contributed by atoms with van der Waals surface area (Å²) < 4.78 is 9.75. The van der Waals surface area contributed by atoms with Crippen LogP contribution in [0.25, 0.3) is 0 Å². The zero-order valence-electron chi connectivity index (χ0n) is 14.9. The molecule has 0 radical (unpaired) electrons. The van der Waals surface area contributed by atoms with Crippen molar-refractivity contribution < 1.29 is 19.4 Å². The first-order valence-electron chi connectivity index (χ1n) is 7.78. The summed E-state index contributed by atoms with van der Waals surface area (Å²) in [6.07, 6.45) is 1.48. The monoisotopic (exact) mass is 348 g/mol. The molecule has 0 heterocycles. The average molecular weight is 348 g/mol. The summed E-state index contributed by atoms with van der Waals surface area (Å²) in [6.45, 7) is 3.57. The first-order chi connectivity index (χ1) is 11.9. The summed E-state index contributed by atoms with van der Waals surface area (Å²) >= 11 is 0. The summed E-state index contributed by atoms with van der Waals surface area (Å²) in [6, 6.07) is 7.59. The van der Waals surface area contributed by atoms with Gasteiger partial charge in [0.05, 0.1) is 19.4 Å². The molecule has 8 heteroatoms. The van der Waals surface area contributed by atoms with Gasteiger partial charge in [0, 0.05) is 19.8 Å². The molecule has 1 aromatic carbocycles. The van der Waals surface area contributed by atoms with E-state index in [1.807, 2.05) is 43.3 Å². The topological polar surface area (TPSA) is 110 Å². The highest BCUT2D eigenvalue weighted by Crippen LogP contribution is 2.11. The second-order valence-electron chi connectivity index (χ2n) is 5.05. The van der Waals surface area contributed by atoms with Gasteiger partial charge >= 0.3 is 5.97 Å². The lowest BCUT2D eigenvalue weighted by atomic mass is 10.2. The number of nitrogens with two attached hydrogens (primary N) is 1. The van der Waals surface area contributed by atoms with Crippen LogP contribution in [0, 0.1) is 0 Å². The molecule has 0 fully saturated rings. The molecule has 0 saturated heterocycles. The van der Waals surface area contributed by atoms with E-state index in [0.717, 1.165) is 11.3 Å². The normalized spacial score (nSPS) is 12.7. The zero-order chi connectivity index (χ0) is 18.8. The Balaban J connectivity index is 2.98. The zero-order valence-corrected chi connectivity index (χ0v) is 14.9. The molecule has 1 aromatic rings. The first-order valence-corrected chi connectivity index (χ1v) is 7.78. The average Bonchev–Trinajstić information content (AvgIpc) is 2.56. The van der Waals surface area contributed by atoms with Gasteiger partial charge < -0.3 is 25.2 Å². The number of nitrogens with zero attached hydrogens (tertiary/aromatic N) is 3. The Labute approximate surface area is 147 Å². The van der Waals surface area contributed by atoms with Gasteiger partial charge in [-0.05, 0) is 31.5 Å². The van der Waals surface area contributed by atoms with Crippen LogP contribution in [0.5, 0.6) is 0 Å². The van der Waals surface area contributed by atoms with E-state index in [1.54, 1.807) is 13.8 Å². The molecule has 0 amide bonds. The van der Waals surface area contributed by atoms with Crippen molar-refractivity contribution in [2.24, 2.45) is 15.9 Å². The summed E-state index contributed by atoms with van der Waals surface area (Å²) in [5.74, 6) is -1.78. The number of hydrogen-bond donors (Lipinski definition) is 2. The molecule has 3 N–H and O–H groups in total. The van der Waals surface area contributed by atoms with Crippen LogP contribution in [0.1, 0.15) is 19.4 Å². The van der Waals surface area contributed by atoms with E-state index in [2.05, 4.69) is 10.2 Å². The van der Waals surface area contributed by atoms with Crippen LogP contribution in [-0.4, -0.2) is 50.4 Å². The third-order valence-corrected chi connectivity index (χ3v) is 3.01. The quantitative estimate of drug-likeness (QED) is 0.185. The van der Waals surface area contributed by atoms with E-state index in [-0.39, 0.29) is 24.6 Å². The van der Waals surface area contributed by atoms with Crippen molar-refractivity contribution in [1.82, 2.24) is 0 Å². The Morgan fingerprint density at radius 3 is 2.32 bits per heavy atom. The number of esters is 1. The molecule has 8 nitrogen and oxygen atoms in total. The molecule has 1 rings (SSSR count). The molecule has 136 valence electrons. The lowest BCUT2D eigenvalue weighted by molar-refractivity contribution is -0.138. The maximum atomic E-state index is 11.9. The number of amidine groups is 1. The minimum atomic E-state index is -0.833. The van der Waals surface area contributed by atoms with Gasteiger partial charge in [-0.25, -0.2) is 4.79 Å². The molecular formula is C17H24N4O4. The van der Waals surface area contributed by atoms with E-state index in [9.17, 15) is 9.90 Å². The maximum Gasteiger partial charge on any atom is 0.349 e. The predicted molar refractivity (Wildman–Crippen MR) is 97.9 cm³/mol. The van der Waals surface area contributed by atoms with Crippen molar-refractivity contribution in [2.45, 2.75) is 13.8 Å². The van der Waals surface area contributed by atoms with Gasteiger partial charge in [-0.2, -0.15) is 5.10 Å². The highest BCUT2D eigenvalue weighted by molar-refractivity contribution is 6.18. The van der Waals surface area contributed by atoms with Crippen LogP contribution < -0.4 is 10.6 Å². The molecule has 0 aliphatic rings. The summed E-state index contributed by atoms with van der Waals surface area (Å²) in [4.78, 5) is 13.9. The molecule has 0 aliphatic carbocycles. The smallest absolute Gasteiger partial charge is 0.349 e. The molecule has 0 aromatic heterocycles. The number of anilines is 1. The highest BCUT2D eigenvalue weighted by Gasteiger charge is 2.22. The Bertz CT molecular complexity index is 664. The fourth-order valence-electron chi connectivity index (χ4n) is 1.78. The standard InChI is InChI=1S/C17H24N4O4/c1-5-24-16(22)14(17(23)25-6-2)15(18)20-19-11-12-7-9-13(10-8-12)21(3)4/h7-11,22H,5-6H2,1-4H3,(H2,18,20)/b16-14?,19-11+. The summed E-state index contributed by atoms with van der Waals surface area (Å²) in [5.41, 5.74) is 7.24. The Hall–Kier alpha value is -3.03. The number of carbonyl (C=O) groups excluding carboxylic acids is 1. The number of benzene rings is 1. The van der Waals surface area contributed by atoms with Gasteiger partial charge in [-0.3, -0.25) is 0 Å². The van der Waals surface area contributed by atoms with Crippen LogP contribution in [0.2, 0.25) is 0 Å². The van der Waals surface area contributed by atoms with Gasteiger partial charge in [-0.15, -0.1) is 5.10 Å². The number of hydrogen-bond acceptors (Lipinski definition) is 7. The van der Waals surface area contributed by atoms with Crippen molar-refractivity contribution in [2.75, 3.05) is 32.2 Å². The predicted octanol–water partition coefficient (Wildman–Crippen LogP) is 1.81. The Morgan fingerprint density at radius 1 is 1.20 bits per heavy atom. The maximum absolute atomic E-state index is 11.9. The van der Waals surface area contributed by atoms with E-state index >= 15 is 0 Å². The van der Waals surface area contributed by atoms with Crippen molar-refractivity contribution >= 4 is 23.7 Å². The molecule has 0 unspecified atom stereocenters. The summed E-state index contributed by atoms with van der Waals surface area (Å²) in [7, 11) is 3.89. The van der Waals surface area contributed by atoms with Crippen molar-refractivity contribution in [1.29, 1.82) is 0 Å². The van der Waals surface area contributed by atoms with Gasteiger partial charge in [0.1, 0.15) is 0 Å². The lowest BCUT2D eigenvalue weighted by Crippen LogP contribution is -2.25. The van der Waals surface area contributed by atoms with Gasteiger partial charge in [-0.1, -0.05) is 12.1 Å². The molecule has 0 spiro atoms. The van der Waals surface area contributed by atoms with Crippen molar-refractivity contribution in [3.63, 3.8) is 0 Å². The third kappa shape index (κ3) is 6.17. The number of aliphatic hydroxyl groups is 1. The number of ether oxygens (including phenoxy) is 2. The number of aliphatic hydroxyl groups excluding tert-OH is 1. The van der Waals surface area contributed by atoms with Crippen molar-refractivity contribution in [3.05, 3.63) is 41.3 Å². The second kappa shape index (κ2) is 9.96. The third-order valence-electron chi connectivity index (χ3n) is 3.01. The molecule has 0 saturated carbocycles. The van der Waals surface area contributed by atoms with Gasteiger partial charge in [0.15, 0.2) is 11.4 Å². The minimum absolute atomic E-state index is 0.122. The van der Waals surface area contributed by atoms with Crippen LogP contribution in [0.15, 0.2) is 46.0 Å². The number of rotatable bonds is 8. The van der Waals surface area contributed by atoms with Gasteiger partial charge in [0.25, 0.3) is 5.95 Å². The molecule has 0 aliphatic heterocycles. The number of carbonyl (C=O) groups is 1. The molecule has 0 atom stereocenters. The minimum Gasteiger partial charge on any atom is -0.480 e. The van der Waals surface area contributed by atoms with Crippen molar-refractivity contribution in [3.8, 4) is 0 Å². The van der Waals surface area contributed by atoms with Gasteiger partial charge in [0.2, 0.25) is 0 Å². The van der Waals surface area contributed by atoms with Crippen LogP contribution in [-0.2, 0) is 14.3 Å². The Kier molecular flexibility index (Phi) is 7.98. The molecular weight excluding hydrogens is 324 g/mol. The van der Waals surface area contributed by atoms with E-state index in [4.69, 9.17) is 15.2 Å². The first kappa shape index (κ1) is 20.0. The van der Waals surface area contributed by atoms with E-state index in [1.165, 1.54) is 6.21 Å². The highest BCUT2D eigenvalue weighted by atomic mass is 16.6. The van der Waals surface area contributed by atoms with Crippen LogP contribution in [0.3, 0.4) is 0 Å². The van der Waals surface area contributed by atoms with E-state index < -0.39 is 11.9 Å². The van der Waals surface area contributed by atoms with Crippen LogP contribution >= 0.6 is 0 Å². The Morgan fingerprint density at radius 2 is 1.80 bits per heavy atom.